The Balaban J connectivity index is 1.63. The second-order valence-electron chi connectivity index (χ2n) is 7.46. The van der Waals surface area contributed by atoms with Gasteiger partial charge in [0.2, 0.25) is 5.91 Å². The number of anilines is 1. The lowest BCUT2D eigenvalue weighted by Gasteiger charge is -2.14. The number of hydrogen-bond donors (Lipinski definition) is 2. The van der Waals surface area contributed by atoms with Crippen molar-refractivity contribution in [1.29, 1.82) is 0 Å². The van der Waals surface area contributed by atoms with E-state index in [4.69, 9.17) is 9.47 Å². The lowest BCUT2D eigenvalue weighted by atomic mass is 10.1. The molecular formula is C25H22BrFN4O6. The molecule has 10 nitrogen and oxygen atoms in total. The molecular weight excluding hydrogens is 551 g/mol. The fourth-order valence-electron chi connectivity index (χ4n) is 3.16. The van der Waals surface area contributed by atoms with Gasteiger partial charge in [-0.3, -0.25) is 19.7 Å². The summed E-state index contributed by atoms with van der Waals surface area (Å²) in [4.78, 5) is 35.0. The third-order valence-electron chi connectivity index (χ3n) is 4.75. The van der Waals surface area contributed by atoms with Gasteiger partial charge < -0.3 is 14.8 Å². The largest absolute Gasteiger partial charge is 0.490 e. The van der Waals surface area contributed by atoms with Crippen LogP contribution < -0.4 is 20.2 Å². The molecule has 0 saturated heterocycles. The molecule has 12 heteroatoms. The monoisotopic (exact) mass is 572 g/mol. The summed E-state index contributed by atoms with van der Waals surface area (Å²) < 4.78 is 24.8. The zero-order chi connectivity index (χ0) is 26.8. The number of rotatable bonds is 11. The van der Waals surface area contributed by atoms with Gasteiger partial charge in [0, 0.05) is 17.3 Å². The van der Waals surface area contributed by atoms with Crippen molar-refractivity contribution in [3.63, 3.8) is 0 Å². The molecule has 2 amide bonds. The molecule has 0 aromatic heterocycles. The number of nitro benzene ring substituents is 1. The highest BCUT2D eigenvalue weighted by molar-refractivity contribution is 9.10. The zero-order valence-corrected chi connectivity index (χ0v) is 21.2. The Bertz CT molecular complexity index is 1320. The molecule has 37 heavy (non-hydrogen) atoms. The van der Waals surface area contributed by atoms with Crippen molar-refractivity contribution in [2.24, 2.45) is 5.10 Å². The zero-order valence-electron chi connectivity index (χ0n) is 19.6. The lowest BCUT2D eigenvalue weighted by Crippen LogP contribution is -2.20. The van der Waals surface area contributed by atoms with Crippen molar-refractivity contribution in [1.82, 2.24) is 5.43 Å². The molecule has 0 radical (unpaired) electrons. The minimum Gasteiger partial charge on any atom is -0.490 e. The molecule has 2 N–H and O–H groups in total. The Hall–Kier alpha value is -4.32. The maximum Gasteiger partial charge on any atom is 0.273 e. The number of hydrazone groups is 1. The highest BCUT2D eigenvalue weighted by Gasteiger charge is 2.16. The van der Waals surface area contributed by atoms with Crippen LogP contribution in [0.5, 0.6) is 11.5 Å². The van der Waals surface area contributed by atoms with E-state index in [-0.39, 0.29) is 30.0 Å². The van der Waals surface area contributed by atoms with Crippen molar-refractivity contribution in [3.8, 4) is 11.5 Å². The lowest BCUT2D eigenvalue weighted by molar-refractivity contribution is -0.385. The summed E-state index contributed by atoms with van der Waals surface area (Å²) in [5, 5.41) is 17.6. The Morgan fingerprint density at radius 1 is 1.11 bits per heavy atom. The van der Waals surface area contributed by atoms with Gasteiger partial charge >= 0.3 is 0 Å². The normalized spacial score (nSPS) is 10.7. The van der Waals surface area contributed by atoms with Crippen LogP contribution in [0.4, 0.5) is 15.8 Å². The number of ether oxygens (including phenoxy) is 2. The fourth-order valence-corrected chi connectivity index (χ4v) is 3.74. The predicted molar refractivity (Wildman–Crippen MR) is 138 cm³/mol. The Kier molecular flexibility index (Phi) is 9.67. The van der Waals surface area contributed by atoms with Crippen LogP contribution >= 0.6 is 15.9 Å². The number of para-hydroxylation sites is 1. The number of amides is 2. The van der Waals surface area contributed by atoms with Gasteiger partial charge in [-0.2, -0.15) is 5.10 Å². The number of carbonyl (C=O) groups excluding carboxylic acids is 2. The van der Waals surface area contributed by atoms with Crippen molar-refractivity contribution < 1.29 is 28.4 Å². The summed E-state index contributed by atoms with van der Waals surface area (Å²) in [6, 6.07) is 14.6. The molecule has 0 bridgehead atoms. The molecule has 0 spiro atoms. The van der Waals surface area contributed by atoms with Crippen LogP contribution in [0.1, 0.15) is 18.1 Å². The molecule has 3 aromatic carbocycles. The van der Waals surface area contributed by atoms with Crippen LogP contribution in [0.25, 0.3) is 0 Å². The first-order valence-corrected chi connectivity index (χ1v) is 11.7. The average Bonchev–Trinajstić information content (AvgIpc) is 2.85. The third kappa shape index (κ3) is 8.10. The van der Waals surface area contributed by atoms with Gasteiger partial charge in [0.15, 0.2) is 18.1 Å². The van der Waals surface area contributed by atoms with Gasteiger partial charge in [0.05, 0.1) is 28.6 Å². The molecule has 0 heterocycles. The van der Waals surface area contributed by atoms with Gasteiger partial charge in [-0.15, -0.1) is 0 Å². The summed E-state index contributed by atoms with van der Waals surface area (Å²) in [6.45, 7) is 1.77. The standard InChI is InChI=1S/C25H22BrFN4O6/c1-2-36-22-12-16(14-28-30-23(32)13-17-5-3-4-6-21(17)31(34)35)11-20(26)25(22)37-15-24(33)29-19-9-7-18(27)8-10-19/h3-12,14H,2,13,15H2,1H3,(H,29,33)(H,30,32)/b28-14+. The minimum absolute atomic E-state index is 0.145. The fraction of sp³-hybridized carbons (Fsp3) is 0.160. The van der Waals surface area contributed by atoms with Gasteiger partial charge in [0.25, 0.3) is 11.6 Å². The van der Waals surface area contributed by atoms with Crippen LogP contribution in [0.15, 0.2) is 70.2 Å². The Morgan fingerprint density at radius 2 is 1.84 bits per heavy atom. The van der Waals surface area contributed by atoms with Crippen molar-refractivity contribution >= 4 is 45.3 Å². The molecule has 0 aliphatic heterocycles. The van der Waals surface area contributed by atoms with Crippen LogP contribution in [-0.2, 0) is 16.0 Å². The molecule has 0 aliphatic carbocycles. The van der Waals surface area contributed by atoms with Crippen molar-refractivity contribution in [3.05, 3.63) is 92.2 Å². The van der Waals surface area contributed by atoms with E-state index < -0.39 is 22.6 Å². The van der Waals surface area contributed by atoms with E-state index in [0.29, 0.717) is 28.1 Å². The van der Waals surface area contributed by atoms with Crippen LogP contribution in [0, 0.1) is 15.9 Å². The molecule has 0 saturated carbocycles. The van der Waals surface area contributed by atoms with Gasteiger partial charge in [-0.1, -0.05) is 18.2 Å². The number of halogens is 2. The second kappa shape index (κ2) is 13.1. The van der Waals surface area contributed by atoms with E-state index in [1.54, 1.807) is 25.1 Å². The topological polar surface area (TPSA) is 132 Å². The summed E-state index contributed by atoms with van der Waals surface area (Å²) in [7, 11) is 0. The first-order valence-electron chi connectivity index (χ1n) is 11.0. The predicted octanol–water partition coefficient (Wildman–Crippen LogP) is 4.61. The summed E-state index contributed by atoms with van der Waals surface area (Å²) >= 11 is 3.39. The third-order valence-corrected chi connectivity index (χ3v) is 5.34. The van der Waals surface area contributed by atoms with Crippen LogP contribution in [0.2, 0.25) is 0 Å². The van der Waals surface area contributed by atoms with Crippen LogP contribution in [-0.4, -0.2) is 36.2 Å². The summed E-state index contributed by atoms with van der Waals surface area (Å²) in [6.07, 6.45) is 1.16. The van der Waals surface area contributed by atoms with E-state index in [1.807, 2.05) is 0 Å². The van der Waals surface area contributed by atoms with E-state index in [9.17, 15) is 24.1 Å². The highest BCUT2D eigenvalue weighted by Crippen LogP contribution is 2.36. The SMILES string of the molecule is CCOc1cc(/C=N/NC(=O)Cc2ccccc2[N+](=O)[O-])cc(Br)c1OCC(=O)Nc1ccc(F)cc1. The van der Waals surface area contributed by atoms with E-state index >= 15 is 0 Å². The first kappa shape index (κ1) is 27.3. The minimum atomic E-state index is -0.547. The molecule has 0 fully saturated rings. The van der Waals surface area contributed by atoms with E-state index in [1.165, 1.54) is 48.7 Å². The number of hydrogen-bond acceptors (Lipinski definition) is 7. The van der Waals surface area contributed by atoms with Gasteiger partial charge in [-0.05, 0) is 64.8 Å². The average molecular weight is 573 g/mol. The van der Waals surface area contributed by atoms with E-state index in [2.05, 4.69) is 31.8 Å². The number of nitrogens with zero attached hydrogens (tertiary/aromatic N) is 2. The van der Waals surface area contributed by atoms with Gasteiger partial charge in [-0.25, -0.2) is 9.82 Å². The maximum atomic E-state index is 13.0. The number of nitrogens with one attached hydrogen (secondary N) is 2. The Labute approximate surface area is 219 Å². The van der Waals surface area contributed by atoms with Crippen LogP contribution in [0.3, 0.4) is 0 Å². The molecule has 0 unspecified atom stereocenters. The smallest absolute Gasteiger partial charge is 0.273 e. The summed E-state index contributed by atoms with van der Waals surface area (Å²) in [5.41, 5.74) is 3.44. The summed E-state index contributed by atoms with van der Waals surface area (Å²) in [5.74, 6) is -0.773. The maximum absolute atomic E-state index is 13.0. The Morgan fingerprint density at radius 3 is 2.54 bits per heavy atom. The van der Waals surface area contributed by atoms with Crippen molar-refractivity contribution in [2.45, 2.75) is 13.3 Å². The molecule has 192 valence electrons. The second-order valence-corrected chi connectivity index (χ2v) is 8.32. The first-order chi connectivity index (χ1) is 17.8. The van der Waals surface area contributed by atoms with Gasteiger partial charge in [0.1, 0.15) is 5.82 Å². The molecule has 0 aliphatic rings. The highest BCUT2D eigenvalue weighted by atomic mass is 79.9. The number of benzene rings is 3. The molecule has 3 aromatic rings. The number of carbonyl (C=O) groups is 2. The molecule has 3 rings (SSSR count). The molecule has 0 atom stereocenters. The quantitative estimate of drug-likeness (QED) is 0.196. The van der Waals surface area contributed by atoms with Crippen molar-refractivity contribution in [2.75, 3.05) is 18.5 Å². The number of nitro groups is 1. The van der Waals surface area contributed by atoms with E-state index in [0.717, 1.165) is 0 Å².